The molecule has 0 fully saturated rings. The van der Waals surface area contributed by atoms with Crippen LogP contribution in [0.1, 0.15) is 16.8 Å². The van der Waals surface area contributed by atoms with Crippen LogP contribution in [-0.2, 0) is 16.6 Å². The van der Waals surface area contributed by atoms with Gasteiger partial charge in [-0.15, -0.1) is 5.10 Å². The second-order valence-corrected chi connectivity index (χ2v) is 7.74. The molecule has 3 rings (SSSR count). The molecule has 3 aromatic rings. The normalized spacial score (nSPS) is 11.7. The number of nitrogens with zero attached hydrogens (tertiary/aromatic N) is 3. The summed E-state index contributed by atoms with van der Waals surface area (Å²) < 4.78 is 29.0. The molecule has 0 aliphatic heterocycles. The first-order valence-corrected chi connectivity index (χ1v) is 9.39. The first-order valence-electron chi connectivity index (χ1n) is 6.96. The second-order valence-electron chi connectivity index (χ2n) is 5.23. The van der Waals surface area contributed by atoms with Crippen molar-refractivity contribution < 1.29 is 8.42 Å². The van der Waals surface area contributed by atoms with Gasteiger partial charge in [0.15, 0.2) is 0 Å². The number of sulfonamides is 1. The van der Waals surface area contributed by atoms with Crippen molar-refractivity contribution in [3.8, 4) is 5.69 Å². The van der Waals surface area contributed by atoms with E-state index in [1.807, 2.05) is 29.8 Å². The third-order valence-corrected chi connectivity index (χ3v) is 5.61. The van der Waals surface area contributed by atoms with E-state index in [2.05, 4.69) is 15.0 Å². The average Bonchev–Trinajstić information content (AvgIpc) is 3.16. The molecule has 1 aromatic carbocycles. The molecule has 0 saturated carbocycles. The molecule has 0 atom stereocenters. The van der Waals surface area contributed by atoms with E-state index in [0.29, 0.717) is 5.69 Å². The highest BCUT2D eigenvalue weighted by Crippen LogP contribution is 2.17. The number of rotatable bonds is 5. The van der Waals surface area contributed by atoms with Crippen molar-refractivity contribution in [1.82, 2.24) is 19.7 Å². The van der Waals surface area contributed by atoms with E-state index >= 15 is 0 Å². The van der Waals surface area contributed by atoms with E-state index in [-0.39, 0.29) is 11.4 Å². The number of aryl methyl sites for hydroxylation is 2. The molecule has 2 aromatic heterocycles. The third-order valence-electron chi connectivity index (χ3n) is 3.37. The molecule has 0 spiro atoms. The molecule has 0 bridgehead atoms. The van der Waals surface area contributed by atoms with Crippen LogP contribution in [0, 0.1) is 13.8 Å². The van der Waals surface area contributed by atoms with Crippen molar-refractivity contribution in [1.29, 1.82) is 0 Å². The van der Waals surface area contributed by atoms with Gasteiger partial charge in [0.2, 0.25) is 10.0 Å². The average molecular weight is 348 g/mol. The predicted octanol–water partition coefficient (Wildman–Crippen LogP) is 2.42. The predicted molar refractivity (Wildman–Crippen MR) is 89.2 cm³/mol. The van der Waals surface area contributed by atoms with Crippen molar-refractivity contribution in [2.45, 2.75) is 25.3 Å². The Morgan fingerprint density at radius 1 is 1.26 bits per heavy atom. The Hall–Kier alpha value is -2.03. The van der Waals surface area contributed by atoms with E-state index in [9.17, 15) is 8.42 Å². The van der Waals surface area contributed by atoms with Crippen molar-refractivity contribution in [3.63, 3.8) is 0 Å². The Morgan fingerprint density at radius 3 is 2.78 bits per heavy atom. The fourth-order valence-corrected chi connectivity index (χ4v) is 4.09. The Balaban J connectivity index is 1.75. The van der Waals surface area contributed by atoms with E-state index in [1.54, 1.807) is 41.3 Å². The number of hydrogen-bond acceptors (Lipinski definition) is 5. The van der Waals surface area contributed by atoms with Crippen LogP contribution in [0.3, 0.4) is 0 Å². The molecule has 2 heterocycles. The van der Waals surface area contributed by atoms with Crippen LogP contribution in [-0.4, -0.2) is 23.4 Å². The van der Waals surface area contributed by atoms with Gasteiger partial charge in [0, 0.05) is 5.38 Å². The van der Waals surface area contributed by atoms with Gasteiger partial charge in [0.1, 0.15) is 0 Å². The lowest BCUT2D eigenvalue weighted by atomic mass is 10.2. The van der Waals surface area contributed by atoms with Gasteiger partial charge in [-0.05, 0) is 36.9 Å². The molecule has 0 unspecified atom stereocenters. The molecular formula is C15H16N4O2S2. The lowest BCUT2D eigenvalue weighted by Gasteiger charge is -2.08. The summed E-state index contributed by atoms with van der Waals surface area (Å²) >= 11 is 1.56. The number of benzene rings is 1. The Kier molecular flexibility index (Phi) is 4.29. The molecular weight excluding hydrogens is 332 g/mol. The quantitative estimate of drug-likeness (QED) is 0.768. The molecule has 6 nitrogen and oxygen atoms in total. The smallest absolute Gasteiger partial charge is 0.220 e. The van der Waals surface area contributed by atoms with Gasteiger partial charge in [-0.2, -0.15) is 11.3 Å². The largest absolute Gasteiger partial charge is 0.241 e. The number of thiophene rings is 1. The zero-order valence-electron chi connectivity index (χ0n) is 12.7. The van der Waals surface area contributed by atoms with Gasteiger partial charge in [-0.25, -0.2) is 17.8 Å². The summed E-state index contributed by atoms with van der Waals surface area (Å²) in [7, 11) is -3.58. The molecule has 0 aliphatic rings. The van der Waals surface area contributed by atoms with Crippen LogP contribution >= 0.6 is 11.3 Å². The van der Waals surface area contributed by atoms with Gasteiger partial charge in [-0.1, -0.05) is 22.9 Å². The molecule has 0 aliphatic carbocycles. The van der Waals surface area contributed by atoms with Crippen LogP contribution < -0.4 is 4.72 Å². The van der Waals surface area contributed by atoms with Crippen LogP contribution in [0.25, 0.3) is 5.69 Å². The zero-order valence-corrected chi connectivity index (χ0v) is 14.4. The minimum absolute atomic E-state index is 0.0970. The van der Waals surface area contributed by atoms with Crippen LogP contribution in [0.5, 0.6) is 0 Å². The summed E-state index contributed by atoms with van der Waals surface area (Å²) in [6.07, 6.45) is 1.71. The fourth-order valence-electron chi connectivity index (χ4n) is 2.24. The molecule has 0 amide bonds. The third kappa shape index (κ3) is 3.49. The first kappa shape index (κ1) is 15.9. The van der Waals surface area contributed by atoms with Gasteiger partial charge in [0.05, 0.1) is 29.0 Å². The highest BCUT2D eigenvalue weighted by atomic mass is 32.2. The van der Waals surface area contributed by atoms with Crippen LogP contribution in [0.2, 0.25) is 0 Å². The first-order chi connectivity index (χ1) is 11.0. The van der Waals surface area contributed by atoms with E-state index < -0.39 is 10.0 Å². The van der Waals surface area contributed by atoms with Crippen molar-refractivity contribution in [2.75, 3.05) is 0 Å². The molecule has 8 heteroatoms. The minimum atomic E-state index is -3.58. The maximum atomic E-state index is 12.4. The second kappa shape index (κ2) is 6.23. The van der Waals surface area contributed by atoms with Gasteiger partial charge < -0.3 is 0 Å². The van der Waals surface area contributed by atoms with Gasteiger partial charge in [0.25, 0.3) is 0 Å². The van der Waals surface area contributed by atoms with Crippen LogP contribution in [0.15, 0.2) is 46.1 Å². The van der Waals surface area contributed by atoms with Crippen molar-refractivity contribution in [3.05, 3.63) is 58.0 Å². The Bertz CT molecular complexity index is 915. The highest BCUT2D eigenvalue weighted by Gasteiger charge is 2.17. The lowest BCUT2D eigenvalue weighted by Crippen LogP contribution is -2.24. The summed E-state index contributed by atoms with van der Waals surface area (Å²) in [4.78, 5) is 0.285. The minimum Gasteiger partial charge on any atom is -0.220 e. The fraction of sp³-hybridized carbons (Fsp3) is 0.200. The summed E-state index contributed by atoms with van der Waals surface area (Å²) in [5.74, 6) is 0. The monoisotopic (exact) mass is 348 g/mol. The zero-order chi connectivity index (χ0) is 16.4. The summed E-state index contributed by atoms with van der Waals surface area (Å²) in [5.41, 5.74) is 3.22. The maximum Gasteiger partial charge on any atom is 0.241 e. The molecule has 0 saturated heterocycles. The molecule has 1 N–H and O–H groups in total. The van der Waals surface area contributed by atoms with Crippen molar-refractivity contribution in [2.24, 2.45) is 0 Å². The van der Waals surface area contributed by atoms with Gasteiger partial charge >= 0.3 is 0 Å². The van der Waals surface area contributed by atoms with E-state index in [1.165, 1.54) is 0 Å². The SMILES string of the molecule is Cc1ccc(S(=O)(=O)NCc2cn(-c3ccsc3)nn2)c(C)c1. The standard InChI is InChI=1S/C15H16N4O2S2/c1-11-3-4-15(12(2)7-11)23(20,21)16-8-13-9-19(18-17-13)14-5-6-22-10-14/h3-7,9-10,16H,8H2,1-2H3. The molecule has 0 radical (unpaired) electrons. The lowest BCUT2D eigenvalue weighted by molar-refractivity contribution is 0.579. The Morgan fingerprint density at radius 2 is 2.09 bits per heavy atom. The molecule has 23 heavy (non-hydrogen) atoms. The summed E-state index contributed by atoms with van der Waals surface area (Å²) in [6, 6.07) is 7.17. The molecule has 120 valence electrons. The van der Waals surface area contributed by atoms with E-state index in [4.69, 9.17) is 0 Å². The number of aromatic nitrogens is 3. The van der Waals surface area contributed by atoms with E-state index in [0.717, 1.165) is 16.8 Å². The number of hydrogen-bond donors (Lipinski definition) is 1. The van der Waals surface area contributed by atoms with Crippen molar-refractivity contribution >= 4 is 21.4 Å². The van der Waals surface area contributed by atoms with Crippen LogP contribution in [0.4, 0.5) is 0 Å². The summed E-state index contributed by atoms with van der Waals surface area (Å²) in [6.45, 7) is 3.81. The number of nitrogens with one attached hydrogen (secondary N) is 1. The highest BCUT2D eigenvalue weighted by molar-refractivity contribution is 7.89. The maximum absolute atomic E-state index is 12.4. The summed E-state index contributed by atoms with van der Waals surface area (Å²) in [5, 5.41) is 11.9. The van der Waals surface area contributed by atoms with Gasteiger partial charge in [-0.3, -0.25) is 0 Å². The Labute approximate surface area is 138 Å². The topological polar surface area (TPSA) is 76.9 Å².